The highest BCUT2D eigenvalue weighted by molar-refractivity contribution is 5.95. The largest absolute Gasteiger partial charge is 0.493 e. The Labute approximate surface area is 196 Å². The molecule has 1 amide bonds. The van der Waals surface area contributed by atoms with Crippen molar-refractivity contribution in [2.45, 2.75) is 0 Å². The highest BCUT2D eigenvalue weighted by Crippen LogP contribution is 2.29. The van der Waals surface area contributed by atoms with Crippen LogP contribution in [0.5, 0.6) is 17.6 Å². The van der Waals surface area contributed by atoms with Crippen molar-refractivity contribution in [3.8, 4) is 17.6 Å². The molecule has 2 aromatic carbocycles. The van der Waals surface area contributed by atoms with E-state index in [9.17, 15) is 9.90 Å². The van der Waals surface area contributed by atoms with Crippen LogP contribution < -0.4 is 9.64 Å². The Hall–Kier alpha value is -4.24. The number of amides is 1. The van der Waals surface area contributed by atoms with E-state index >= 15 is 0 Å². The van der Waals surface area contributed by atoms with Crippen LogP contribution in [-0.4, -0.2) is 64.2 Å². The van der Waals surface area contributed by atoms with Gasteiger partial charge in [-0.2, -0.15) is 9.97 Å². The average Bonchev–Trinajstić information content (AvgIpc) is 2.89. The van der Waals surface area contributed by atoms with Crippen molar-refractivity contribution in [3.05, 3.63) is 72.6 Å². The number of morpholine rings is 1. The minimum atomic E-state index is -0.162. The van der Waals surface area contributed by atoms with Crippen molar-refractivity contribution >= 4 is 28.2 Å². The molecule has 5 rings (SSSR count). The number of fused-ring (bicyclic) bond motifs is 1. The van der Waals surface area contributed by atoms with Crippen LogP contribution in [0.4, 0.5) is 11.4 Å². The van der Waals surface area contributed by atoms with Gasteiger partial charge in [0.25, 0.3) is 5.91 Å². The van der Waals surface area contributed by atoms with E-state index in [1.54, 1.807) is 30.6 Å². The zero-order valence-electron chi connectivity index (χ0n) is 18.6. The molecule has 34 heavy (non-hydrogen) atoms. The van der Waals surface area contributed by atoms with Gasteiger partial charge in [0.2, 0.25) is 5.88 Å². The minimum absolute atomic E-state index is 0.0103. The molecular weight excluding hydrogens is 434 g/mol. The number of pyridine rings is 1. The molecule has 1 saturated heterocycles. The lowest BCUT2D eigenvalue weighted by Gasteiger charge is -2.27. The Bertz CT molecular complexity index is 1320. The van der Waals surface area contributed by atoms with Gasteiger partial charge >= 0.3 is 6.01 Å². The van der Waals surface area contributed by atoms with Gasteiger partial charge in [-0.3, -0.25) is 9.78 Å². The molecule has 1 aliphatic heterocycles. The molecule has 3 heterocycles. The monoisotopic (exact) mass is 457 g/mol. The predicted molar refractivity (Wildman–Crippen MR) is 127 cm³/mol. The van der Waals surface area contributed by atoms with Crippen molar-refractivity contribution in [2.24, 2.45) is 0 Å². The maximum absolute atomic E-state index is 12.8. The highest BCUT2D eigenvalue weighted by Gasteiger charge is 2.19. The van der Waals surface area contributed by atoms with Crippen molar-refractivity contribution < 1.29 is 19.4 Å². The molecule has 0 spiro atoms. The van der Waals surface area contributed by atoms with E-state index in [-0.39, 0.29) is 17.8 Å². The van der Waals surface area contributed by atoms with Gasteiger partial charge in [0.05, 0.1) is 30.3 Å². The van der Waals surface area contributed by atoms with Crippen LogP contribution in [0.2, 0.25) is 0 Å². The fourth-order valence-corrected chi connectivity index (χ4v) is 3.78. The molecule has 0 radical (unpaired) electrons. The number of hydrogen-bond acceptors (Lipinski definition) is 8. The molecule has 1 aliphatic rings. The Morgan fingerprint density at radius 2 is 1.85 bits per heavy atom. The molecule has 0 aliphatic carbocycles. The summed E-state index contributed by atoms with van der Waals surface area (Å²) in [6.07, 6.45) is 3.11. The predicted octanol–water partition coefficient (Wildman–Crippen LogP) is 3.76. The summed E-state index contributed by atoms with van der Waals surface area (Å²) >= 11 is 0. The smallest absolute Gasteiger partial charge is 0.325 e. The van der Waals surface area contributed by atoms with E-state index < -0.39 is 0 Å². The Morgan fingerprint density at radius 1 is 1.06 bits per heavy atom. The molecule has 0 unspecified atom stereocenters. The normalized spacial score (nSPS) is 13.6. The number of nitrogens with zero attached hydrogens (tertiary/aromatic N) is 5. The molecule has 0 atom stereocenters. The minimum Gasteiger partial charge on any atom is -0.493 e. The van der Waals surface area contributed by atoms with E-state index in [1.807, 2.05) is 53.2 Å². The molecule has 0 saturated carbocycles. The van der Waals surface area contributed by atoms with E-state index in [0.717, 1.165) is 11.4 Å². The summed E-state index contributed by atoms with van der Waals surface area (Å²) in [7, 11) is 1.94. The van der Waals surface area contributed by atoms with Crippen LogP contribution in [0.1, 0.15) is 10.4 Å². The maximum atomic E-state index is 12.8. The van der Waals surface area contributed by atoms with Gasteiger partial charge in [-0.1, -0.05) is 6.07 Å². The molecule has 2 aromatic heterocycles. The number of carbonyl (C=O) groups is 1. The molecule has 0 bridgehead atoms. The highest BCUT2D eigenvalue weighted by atomic mass is 16.5. The third-order valence-corrected chi connectivity index (χ3v) is 5.67. The van der Waals surface area contributed by atoms with E-state index in [0.29, 0.717) is 48.5 Å². The van der Waals surface area contributed by atoms with Gasteiger partial charge in [0.1, 0.15) is 5.75 Å². The van der Waals surface area contributed by atoms with Crippen molar-refractivity contribution in [1.29, 1.82) is 0 Å². The van der Waals surface area contributed by atoms with Crippen molar-refractivity contribution in [1.82, 2.24) is 19.9 Å². The van der Waals surface area contributed by atoms with Gasteiger partial charge in [-0.25, -0.2) is 0 Å². The quantitative estimate of drug-likeness (QED) is 0.483. The molecular formula is C25H23N5O4. The number of ether oxygens (including phenoxy) is 2. The van der Waals surface area contributed by atoms with E-state index in [1.165, 1.54) is 0 Å². The fourth-order valence-electron chi connectivity index (χ4n) is 3.78. The van der Waals surface area contributed by atoms with Crippen LogP contribution in [0.15, 0.2) is 67.0 Å². The lowest BCUT2D eigenvalue weighted by atomic mass is 10.1. The summed E-state index contributed by atoms with van der Waals surface area (Å²) in [6, 6.07) is 16.6. The first kappa shape index (κ1) is 21.6. The molecule has 1 N–H and O–H groups in total. The van der Waals surface area contributed by atoms with Crippen molar-refractivity contribution in [2.75, 3.05) is 38.3 Å². The molecule has 4 aromatic rings. The molecule has 9 nitrogen and oxygen atoms in total. The van der Waals surface area contributed by atoms with Gasteiger partial charge in [0, 0.05) is 43.3 Å². The topological polar surface area (TPSA) is 101 Å². The number of benzene rings is 2. The zero-order valence-corrected chi connectivity index (χ0v) is 18.6. The summed E-state index contributed by atoms with van der Waals surface area (Å²) in [5.41, 5.74) is 2.94. The van der Waals surface area contributed by atoms with E-state index in [4.69, 9.17) is 9.47 Å². The number of anilines is 2. The first-order chi connectivity index (χ1) is 16.6. The van der Waals surface area contributed by atoms with Crippen LogP contribution >= 0.6 is 0 Å². The van der Waals surface area contributed by atoms with Gasteiger partial charge < -0.3 is 24.4 Å². The summed E-state index contributed by atoms with van der Waals surface area (Å²) < 4.78 is 11.1. The third kappa shape index (κ3) is 4.46. The van der Waals surface area contributed by atoms with Gasteiger partial charge in [-0.05, 0) is 48.5 Å². The molecule has 172 valence electrons. The second-order valence-corrected chi connectivity index (χ2v) is 7.83. The second kappa shape index (κ2) is 9.32. The number of aromatic hydroxyl groups is 1. The number of aromatic nitrogens is 3. The summed E-state index contributed by atoms with van der Waals surface area (Å²) in [5, 5.41) is 10.6. The Morgan fingerprint density at radius 3 is 2.65 bits per heavy atom. The van der Waals surface area contributed by atoms with Crippen LogP contribution in [-0.2, 0) is 4.74 Å². The maximum Gasteiger partial charge on any atom is 0.325 e. The first-order valence-electron chi connectivity index (χ1n) is 10.9. The van der Waals surface area contributed by atoms with Crippen LogP contribution in [0.3, 0.4) is 0 Å². The fraction of sp³-hybridized carbons (Fsp3) is 0.200. The average molecular weight is 457 g/mol. The Kier molecular flexibility index (Phi) is 5.92. The first-order valence-corrected chi connectivity index (χ1v) is 10.9. The summed E-state index contributed by atoms with van der Waals surface area (Å²) in [6.45, 7) is 2.35. The van der Waals surface area contributed by atoms with Gasteiger partial charge in [-0.15, -0.1) is 0 Å². The molecule has 9 heteroatoms. The van der Waals surface area contributed by atoms with Crippen LogP contribution in [0, 0.1) is 0 Å². The number of carbonyl (C=O) groups excluding carboxylic acids is 1. The lowest BCUT2D eigenvalue weighted by molar-refractivity contribution is 0.0303. The SMILES string of the molecule is CN(c1ccc(Oc2nc(O)c3ccncc3n2)cc1)c1cccc(C(=O)N2CCOCC2)c1. The number of hydrogen-bond donors (Lipinski definition) is 1. The second-order valence-electron chi connectivity index (χ2n) is 7.83. The zero-order chi connectivity index (χ0) is 23.5. The summed E-state index contributed by atoms with van der Waals surface area (Å²) in [4.78, 5) is 29.0. The third-order valence-electron chi connectivity index (χ3n) is 5.67. The van der Waals surface area contributed by atoms with Crippen LogP contribution in [0.25, 0.3) is 10.9 Å². The standard InChI is InChI=1S/C25H23N5O4/c1-29(19-4-2-3-17(15-19)24(32)30-11-13-33-14-12-30)18-5-7-20(8-6-18)34-25-27-22-16-26-10-9-21(22)23(31)28-25/h2-10,15-16H,11-14H2,1H3,(H,27,28,31). The van der Waals surface area contributed by atoms with E-state index in [2.05, 4.69) is 15.0 Å². The molecule has 1 fully saturated rings. The lowest BCUT2D eigenvalue weighted by Crippen LogP contribution is -2.40. The van der Waals surface area contributed by atoms with Crippen molar-refractivity contribution in [3.63, 3.8) is 0 Å². The Balaban J connectivity index is 1.31. The van der Waals surface area contributed by atoms with Gasteiger partial charge in [0.15, 0.2) is 0 Å². The number of rotatable bonds is 5. The summed E-state index contributed by atoms with van der Waals surface area (Å²) in [5.74, 6) is 0.373.